The van der Waals surface area contributed by atoms with Gasteiger partial charge in [0.1, 0.15) is 36.1 Å². The molecule has 0 radical (unpaired) electrons. The monoisotopic (exact) mass is 937 g/mol. The number of hydrogen-bond acceptors (Lipinski definition) is 16. The molecule has 7 rings (SSSR count). The van der Waals surface area contributed by atoms with Crippen LogP contribution in [0, 0.1) is 16.7 Å². The molecule has 3 aliphatic carbocycles. The molecule has 0 spiro atoms. The van der Waals surface area contributed by atoms with Crippen LogP contribution in [-0.2, 0) is 61.9 Å². The average Bonchev–Trinajstić information content (AvgIpc) is 3.28. The van der Waals surface area contributed by atoms with Crippen molar-refractivity contribution < 1.29 is 76.6 Å². The topological polar surface area (TPSA) is 233 Å². The summed E-state index contributed by atoms with van der Waals surface area (Å²) < 4.78 is 42.5. The number of ether oxygens (including phenoxy) is 7. The molecule has 1 amide bonds. The fraction of sp³-hybridized carbons (Fsp3) is 0.451. The molecule has 68 heavy (non-hydrogen) atoms. The summed E-state index contributed by atoms with van der Waals surface area (Å²) in [6.45, 7) is 10.1. The van der Waals surface area contributed by atoms with Crippen molar-refractivity contribution in [2.45, 2.75) is 122 Å². The number of Topliss-reactive ketones (excluding diaryl/α,β-unsaturated/α-hetero) is 1. The molecule has 17 nitrogen and oxygen atoms in total. The van der Waals surface area contributed by atoms with E-state index < -0.39 is 125 Å². The number of esters is 6. The van der Waals surface area contributed by atoms with Crippen molar-refractivity contribution in [3.05, 3.63) is 119 Å². The molecule has 1 heterocycles. The lowest BCUT2D eigenvalue weighted by Gasteiger charge is -2.67. The van der Waals surface area contributed by atoms with Gasteiger partial charge in [0.15, 0.2) is 17.5 Å². The van der Waals surface area contributed by atoms with Crippen LogP contribution in [0.4, 0.5) is 0 Å². The highest BCUT2D eigenvalue weighted by atomic mass is 16.6. The summed E-state index contributed by atoms with van der Waals surface area (Å²) in [6, 6.07) is 22.8. The van der Waals surface area contributed by atoms with Gasteiger partial charge in [0.2, 0.25) is 6.10 Å². The first-order chi connectivity index (χ1) is 32.1. The Kier molecular flexibility index (Phi) is 13.6. The molecular formula is C51H55NO16. The van der Waals surface area contributed by atoms with E-state index in [1.54, 1.807) is 92.7 Å². The molecule has 360 valence electrons. The zero-order chi connectivity index (χ0) is 49.5. The predicted molar refractivity (Wildman–Crippen MR) is 237 cm³/mol. The number of hydrogen-bond donors (Lipinski definition) is 2. The van der Waals surface area contributed by atoms with Crippen LogP contribution in [0.5, 0.6) is 0 Å². The number of fused-ring (bicyclic) bond motifs is 5. The number of rotatable bonds is 12. The summed E-state index contributed by atoms with van der Waals surface area (Å²) in [4.78, 5) is 111. The van der Waals surface area contributed by atoms with Crippen LogP contribution >= 0.6 is 0 Å². The maximum absolute atomic E-state index is 15.9. The molecule has 17 heteroatoms. The Hall–Kier alpha value is -6.72. The Bertz CT molecular complexity index is 2530. The van der Waals surface area contributed by atoms with E-state index in [0.29, 0.717) is 5.56 Å². The Morgan fingerprint density at radius 1 is 0.735 bits per heavy atom. The SMILES string of the molecule is CC(=O)OC(C(=O)OC1C[C@]2(O)C(OC(=O)c3ccccc3)C3[C@@]4(OC(C)=O)CO[C@H]4C[C@@H](OC(C)=O)[C@]3(C)C(=O)[C@@H](OC(C)=O)C(=C1C)C2(C)C)C(NC(=O)c1ccccc1)c1ccccc1. The van der Waals surface area contributed by atoms with Gasteiger partial charge in [-0.2, -0.15) is 0 Å². The quantitative estimate of drug-likeness (QED) is 0.140. The fourth-order valence-electron chi connectivity index (χ4n) is 10.8. The summed E-state index contributed by atoms with van der Waals surface area (Å²) in [5, 5.41) is 16.8. The summed E-state index contributed by atoms with van der Waals surface area (Å²) in [5.74, 6) is -8.71. The van der Waals surface area contributed by atoms with Crippen LogP contribution in [0.2, 0.25) is 0 Å². The number of aliphatic hydroxyl groups is 1. The highest BCUT2D eigenvalue weighted by Gasteiger charge is 2.79. The average molecular weight is 938 g/mol. The summed E-state index contributed by atoms with van der Waals surface area (Å²) in [6.07, 6.45) is -10.5. The molecular weight excluding hydrogens is 883 g/mol. The van der Waals surface area contributed by atoms with Crippen LogP contribution in [-0.4, -0.2) is 107 Å². The lowest BCUT2D eigenvalue weighted by atomic mass is 9.44. The molecule has 1 aliphatic heterocycles. The van der Waals surface area contributed by atoms with E-state index in [1.165, 1.54) is 26.0 Å². The third-order valence-electron chi connectivity index (χ3n) is 14.0. The van der Waals surface area contributed by atoms with Crippen molar-refractivity contribution >= 4 is 47.5 Å². The van der Waals surface area contributed by atoms with Gasteiger partial charge >= 0.3 is 35.8 Å². The molecule has 0 aromatic heterocycles. The molecule has 2 bridgehead atoms. The minimum absolute atomic E-state index is 0.0385. The molecule has 3 aromatic rings. The van der Waals surface area contributed by atoms with E-state index in [-0.39, 0.29) is 35.3 Å². The van der Waals surface area contributed by atoms with Gasteiger partial charge in [-0.15, -0.1) is 0 Å². The van der Waals surface area contributed by atoms with Crippen LogP contribution < -0.4 is 5.32 Å². The first-order valence-electron chi connectivity index (χ1n) is 22.2. The standard InChI is InChI=1S/C51H55NO16/c1-27-35(66-47(60)41(65-30(4)55)39(32-18-12-9-13-19-32)52-45(58)33-20-14-10-15-21-33)25-51(61)44(67-46(59)34-22-16-11-17-23-34)42-49(8,43(57)40(64-29(3)54)38(27)48(51,6)7)36(63-28(2)53)24-37-50(42,26-62-37)68-31(5)56/h9-23,35-37,39-42,44,61H,24-26H2,1-8H3,(H,52,58)/t35?,36-,37+,39?,40+,41?,42?,44?,49+,50-,51+/m1/s1. The smallest absolute Gasteiger partial charge is 0.350 e. The lowest BCUT2D eigenvalue weighted by molar-refractivity contribution is -0.346. The van der Waals surface area contributed by atoms with Crippen molar-refractivity contribution in [2.24, 2.45) is 16.7 Å². The van der Waals surface area contributed by atoms with E-state index in [1.807, 2.05) is 0 Å². The second-order valence-electron chi connectivity index (χ2n) is 18.5. The van der Waals surface area contributed by atoms with E-state index >= 15 is 4.79 Å². The summed E-state index contributed by atoms with van der Waals surface area (Å²) >= 11 is 0. The number of benzene rings is 3. The normalized spacial score (nSPS) is 29.9. The molecule has 3 fully saturated rings. The minimum atomic E-state index is -2.47. The molecule has 5 unspecified atom stereocenters. The Labute approximate surface area is 392 Å². The Morgan fingerprint density at radius 3 is 1.84 bits per heavy atom. The number of carbonyl (C=O) groups excluding carboxylic acids is 8. The van der Waals surface area contributed by atoms with E-state index in [9.17, 15) is 38.7 Å². The van der Waals surface area contributed by atoms with Gasteiger partial charge in [-0.3, -0.25) is 28.8 Å². The van der Waals surface area contributed by atoms with Crippen molar-refractivity contribution in [1.29, 1.82) is 0 Å². The lowest BCUT2D eigenvalue weighted by Crippen LogP contribution is -2.82. The van der Waals surface area contributed by atoms with Crippen LogP contribution in [0.25, 0.3) is 0 Å². The number of nitrogens with one attached hydrogen (secondary N) is 1. The van der Waals surface area contributed by atoms with Crippen LogP contribution in [0.15, 0.2) is 102 Å². The highest BCUT2D eigenvalue weighted by molar-refractivity contribution is 5.96. The number of ketones is 1. The zero-order valence-electron chi connectivity index (χ0n) is 39.0. The Balaban J connectivity index is 1.45. The van der Waals surface area contributed by atoms with E-state index in [4.69, 9.17) is 33.2 Å². The second-order valence-corrected chi connectivity index (χ2v) is 18.5. The third kappa shape index (κ3) is 8.68. The van der Waals surface area contributed by atoms with Gasteiger partial charge in [0.05, 0.1) is 23.5 Å². The van der Waals surface area contributed by atoms with Crippen molar-refractivity contribution in [2.75, 3.05) is 6.61 Å². The largest absolute Gasteiger partial charge is 0.461 e. The zero-order valence-corrected chi connectivity index (χ0v) is 39.0. The predicted octanol–water partition coefficient (Wildman–Crippen LogP) is 4.88. The minimum Gasteiger partial charge on any atom is -0.461 e. The van der Waals surface area contributed by atoms with Crippen LogP contribution in [0.1, 0.15) is 101 Å². The van der Waals surface area contributed by atoms with Gasteiger partial charge in [0.25, 0.3) is 5.91 Å². The van der Waals surface area contributed by atoms with E-state index in [0.717, 1.165) is 27.7 Å². The highest BCUT2D eigenvalue weighted by Crippen LogP contribution is 2.65. The van der Waals surface area contributed by atoms with Crippen LogP contribution in [0.3, 0.4) is 0 Å². The second kappa shape index (κ2) is 18.8. The fourth-order valence-corrected chi connectivity index (χ4v) is 10.8. The molecule has 3 aromatic carbocycles. The van der Waals surface area contributed by atoms with E-state index in [2.05, 4.69) is 5.32 Å². The maximum atomic E-state index is 15.9. The van der Waals surface area contributed by atoms with Gasteiger partial charge in [-0.25, -0.2) is 9.59 Å². The van der Waals surface area contributed by atoms with Gasteiger partial charge < -0.3 is 43.6 Å². The number of amides is 1. The molecule has 4 aliphatic rings. The van der Waals surface area contributed by atoms with Crippen molar-refractivity contribution in [3.63, 3.8) is 0 Å². The van der Waals surface area contributed by atoms with Crippen molar-refractivity contribution in [3.8, 4) is 0 Å². The number of carbonyl (C=O) groups is 8. The van der Waals surface area contributed by atoms with Gasteiger partial charge in [-0.1, -0.05) is 80.6 Å². The Morgan fingerprint density at radius 2 is 1.31 bits per heavy atom. The molecule has 1 saturated heterocycles. The molecule has 11 atom stereocenters. The summed E-state index contributed by atoms with van der Waals surface area (Å²) in [7, 11) is 0. The maximum Gasteiger partial charge on any atom is 0.350 e. The first-order valence-corrected chi connectivity index (χ1v) is 22.2. The van der Waals surface area contributed by atoms with Crippen molar-refractivity contribution in [1.82, 2.24) is 5.32 Å². The first kappa shape index (κ1) is 49.2. The molecule has 2 saturated carbocycles. The van der Waals surface area contributed by atoms with Gasteiger partial charge in [-0.05, 0) is 54.8 Å². The van der Waals surface area contributed by atoms with Gasteiger partial charge in [0, 0.05) is 51.5 Å². The third-order valence-corrected chi connectivity index (χ3v) is 14.0. The molecule has 2 N–H and O–H groups in total. The summed E-state index contributed by atoms with van der Waals surface area (Å²) in [5.41, 5.74) is -7.41.